The first-order chi connectivity index (χ1) is 9.72. The first kappa shape index (κ1) is 12.4. The third-order valence-corrected chi connectivity index (χ3v) is 3.05. The molecule has 102 valence electrons. The lowest BCUT2D eigenvalue weighted by atomic mass is 10.1. The Morgan fingerprint density at radius 1 is 1.40 bits per heavy atom. The van der Waals surface area contributed by atoms with Crippen LogP contribution in [0.25, 0.3) is 10.9 Å². The van der Waals surface area contributed by atoms with Crippen molar-refractivity contribution in [3.63, 3.8) is 0 Å². The molecule has 3 aromatic rings. The van der Waals surface area contributed by atoms with E-state index in [9.17, 15) is 4.79 Å². The molecule has 1 aromatic carbocycles. The number of hydrogen-bond donors (Lipinski definition) is 1. The molecule has 0 aliphatic carbocycles. The van der Waals surface area contributed by atoms with Gasteiger partial charge in [0.1, 0.15) is 0 Å². The molecule has 6 nitrogen and oxygen atoms in total. The van der Waals surface area contributed by atoms with Crippen LogP contribution in [0.1, 0.15) is 12.5 Å². The molecule has 6 heteroatoms. The first-order valence-corrected chi connectivity index (χ1v) is 6.36. The van der Waals surface area contributed by atoms with Crippen molar-refractivity contribution in [2.45, 2.75) is 19.9 Å². The molecule has 2 aromatic heterocycles. The summed E-state index contributed by atoms with van der Waals surface area (Å²) in [6.45, 7) is 2.01. The molecule has 1 N–H and O–H groups in total. The number of aromatic amines is 1. The molecule has 0 atom stereocenters. The monoisotopic (exact) mass is 270 g/mol. The molecule has 0 saturated carbocycles. The molecule has 0 aliphatic rings. The molecule has 0 spiro atoms. The molecule has 2 heterocycles. The number of ether oxygens (including phenoxy) is 1. The number of rotatable bonds is 4. The van der Waals surface area contributed by atoms with Crippen molar-refractivity contribution < 1.29 is 9.53 Å². The smallest absolute Gasteiger partial charge is 0.309 e. The summed E-state index contributed by atoms with van der Waals surface area (Å²) < 4.78 is 6.53. The van der Waals surface area contributed by atoms with E-state index in [1.165, 1.54) is 17.9 Å². The number of fused-ring (bicyclic) bond motifs is 1. The maximum absolute atomic E-state index is 10.8. The highest BCUT2D eigenvalue weighted by molar-refractivity contribution is 5.82. The molecule has 0 radical (unpaired) electrons. The zero-order valence-electron chi connectivity index (χ0n) is 11.0. The molecule has 0 saturated heterocycles. The zero-order chi connectivity index (χ0) is 13.9. The highest BCUT2D eigenvalue weighted by Gasteiger charge is 2.06. The fourth-order valence-electron chi connectivity index (χ4n) is 2.16. The largest absolute Gasteiger partial charge is 0.404 e. The lowest BCUT2D eigenvalue weighted by molar-refractivity contribution is -0.132. The summed E-state index contributed by atoms with van der Waals surface area (Å²) in [5.74, 6) is -0.162. The van der Waals surface area contributed by atoms with Crippen LogP contribution in [0.3, 0.4) is 0 Å². The van der Waals surface area contributed by atoms with E-state index in [-0.39, 0.29) is 5.88 Å². The molecular formula is C14H14N4O2. The van der Waals surface area contributed by atoms with Crippen molar-refractivity contribution in [3.05, 3.63) is 42.2 Å². The van der Waals surface area contributed by atoms with E-state index in [0.717, 1.165) is 11.9 Å². The third kappa shape index (κ3) is 2.54. The molecule has 0 unspecified atom stereocenters. The molecule has 0 amide bonds. The van der Waals surface area contributed by atoms with Crippen molar-refractivity contribution in [2.24, 2.45) is 0 Å². The Morgan fingerprint density at radius 3 is 3.10 bits per heavy atom. The van der Waals surface area contributed by atoms with E-state index in [1.54, 1.807) is 10.9 Å². The Morgan fingerprint density at radius 2 is 2.25 bits per heavy atom. The van der Waals surface area contributed by atoms with Gasteiger partial charge in [-0.15, -0.1) is 0 Å². The van der Waals surface area contributed by atoms with E-state index < -0.39 is 5.97 Å². The van der Waals surface area contributed by atoms with Crippen molar-refractivity contribution in [1.29, 1.82) is 0 Å². The fraction of sp³-hybridized carbons (Fsp3) is 0.214. The van der Waals surface area contributed by atoms with Crippen LogP contribution in [0.5, 0.6) is 5.88 Å². The number of aryl methyl sites for hydroxylation is 2. The van der Waals surface area contributed by atoms with Crippen molar-refractivity contribution in [2.75, 3.05) is 0 Å². The van der Waals surface area contributed by atoms with E-state index in [0.29, 0.717) is 6.54 Å². The first-order valence-electron chi connectivity index (χ1n) is 6.36. The number of hydrogen-bond acceptors (Lipinski definition) is 4. The van der Waals surface area contributed by atoms with Crippen LogP contribution in [0.4, 0.5) is 0 Å². The van der Waals surface area contributed by atoms with Gasteiger partial charge in [0.2, 0.25) is 0 Å². The van der Waals surface area contributed by atoms with Crippen LogP contribution in [0, 0.1) is 0 Å². The van der Waals surface area contributed by atoms with Gasteiger partial charge in [-0.1, -0.05) is 28.5 Å². The predicted octanol–water partition coefficient (Wildman–Crippen LogP) is 1.93. The van der Waals surface area contributed by atoms with Gasteiger partial charge in [0.05, 0.1) is 6.20 Å². The maximum atomic E-state index is 10.8. The van der Waals surface area contributed by atoms with Crippen LogP contribution in [0.2, 0.25) is 0 Å². The average molecular weight is 270 g/mol. The topological polar surface area (TPSA) is 72.8 Å². The molecule has 0 fully saturated rings. The summed E-state index contributed by atoms with van der Waals surface area (Å²) in [6, 6.07) is 8.17. The highest BCUT2D eigenvalue weighted by Crippen LogP contribution is 2.18. The van der Waals surface area contributed by atoms with Crippen LogP contribution >= 0.6 is 0 Å². The summed E-state index contributed by atoms with van der Waals surface area (Å²) in [5.41, 5.74) is 2.35. The van der Waals surface area contributed by atoms with E-state index >= 15 is 0 Å². The van der Waals surface area contributed by atoms with Crippen LogP contribution in [-0.4, -0.2) is 25.9 Å². The standard InChI is InChI=1S/C14H14N4O2/c1-10(19)20-14-9-18(17-16-14)7-6-11-8-15-13-5-3-2-4-12(11)13/h2-5,8-9,15H,6-7H2,1H3. The number of esters is 1. The number of para-hydroxylation sites is 1. The molecule has 20 heavy (non-hydrogen) atoms. The van der Waals surface area contributed by atoms with Gasteiger partial charge in [-0.2, -0.15) is 0 Å². The van der Waals surface area contributed by atoms with Gasteiger partial charge >= 0.3 is 5.97 Å². The van der Waals surface area contributed by atoms with Gasteiger partial charge in [0.25, 0.3) is 5.88 Å². The Balaban J connectivity index is 1.70. The SMILES string of the molecule is CC(=O)Oc1cn(CCc2c[nH]c3ccccc23)nn1. The summed E-state index contributed by atoms with van der Waals surface area (Å²) in [5, 5.41) is 8.92. The van der Waals surface area contributed by atoms with E-state index in [1.807, 2.05) is 24.4 Å². The lowest BCUT2D eigenvalue weighted by Crippen LogP contribution is -2.02. The van der Waals surface area contributed by atoms with Crippen LogP contribution in [0.15, 0.2) is 36.7 Å². The Bertz CT molecular complexity index is 744. The van der Waals surface area contributed by atoms with Crippen molar-refractivity contribution >= 4 is 16.9 Å². The zero-order valence-corrected chi connectivity index (χ0v) is 11.0. The number of H-pyrrole nitrogens is 1. The van der Waals surface area contributed by atoms with E-state index in [2.05, 4.69) is 21.4 Å². The second-order valence-electron chi connectivity index (χ2n) is 4.52. The number of aromatic nitrogens is 4. The second-order valence-corrected chi connectivity index (χ2v) is 4.52. The van der Waals surface area contributed by atoms with Crippen molar-refractivity contribution in [3.8, 4) is 5.88 Å². The lowest BCUT2D eigenvalue weighted by Gasteiger charge is -1.99. The second kappa shape index (κ2) is 5.16. The number of nitrogens with zero attached hydrogens (tertiary/aromatic N) is 3. The molecule has 0 bridgehead atoms. The number of carbonyl (C=O) groups excluding carboxylic acids is 1. The number of carbonyl (C=O) groups is 1. The van der Waals surface area contributed by atoms with Gasteiger partial charge in [-0.05, 0) is 18.1 Å². The third-order valence-electron chi connectivity index (χ3n) is 3.05. The van der Waals surface area contributed by atoms with E-state index in [4.69, 9.17) is 4.74 Å². The van der Waals surface area contributed by atoms with Gasteiger partial charge in [0.15, 0.2) is 0 Å². The quantitative estimate of drug-likeness (QED) is 0.735. The molecular weight excluding hydrogens is 256 g/mol. The molecule has 0 aliphatic heterocycles. The summed E-state index contributed by atoms with van der Waals surface area (Å²) >= 11 is 0. The Kier molecular flexibility index (Phi) is 3.20. The highest BCUT2D eigenvalue weighted by atomic mass is 16.5. The fourth-order valence-corrected chi connectivity index (χ4v) is 2.16. The summed E-state index contributed by atoms with van der Waals surface area (Å²) in [7, 11) is 0. The number of nitrogens with one attached hydrogen (secondary N) is 1. The van der Waals surface area contributed by atoms with Gasteiger partial charge in [0, 0.05) is 30.6 Å². The molecule has 3 rings (SSSR count). The average Bonchev–Trinajstić information content (AvgIpc) is 3.02. The minimum atomic E-state index is -0.395. The van der Waals surface area contributed by atoms with Crippen molar-refractivity contribution in [1.82, 2.24) is 20.0 Å². The number of benzene rings is 1. The minimum absolute atomic E-state index is 0.233. The Hall–Kier alpha value is -2.63. The Labute approximate surface area is 115 Å². The normalized spacial score (nSPS) is 10.8. The van der Waals surface area contributed by atoms with Gasteiger partial charge in [-0.3, -0.25) is 4.79 Å². The van der Waals surface area contributed by atoms with Gasteiger partial charge in [-0.25, -0.2) is 4.68 Å². The minimum Gasteiger partial charge on any atom is -0.404 e. The van der Waals surface area contributed by atoms with Crippen LogP contribution < -0.4 is 4.74 Å². The summed E-state index contributed by atoms with van der Waals surface area (Å²) in [4.78, 5) is 14.1. The predicted molar refractivity (Wildman–Crippen MR) is 73.3 cm³/mol. The summed E-state index contributed by atoms with van der Waals surface area (Å²) in [6.07, 6.45) is 4.46. The van der Waals surface area contributed by atoms with Gasteiger partial charge < -0.3 is 9.72 Å². The maximum Gasteiger partial charge on any atom is 0.309 e. The van der Waals surface area contributed by atoms with Crippen LogP contribution in [-0.2, 0) is 17.8 Å².